The van der Waals surface area contributed by atoms with E-state index < -0.39 is 0 Å². The second-order valence-corrected chi connectivity index (χ2v) is 8.34. The van der Waals surface area contributed by atoms with Crippen LogP contribution in [-0.4, -0.2) is 17.4 Å². The van der Waals surface area contributed by atoms with Crippen LogP contribution in [0.4, 0.5) is 0 Å². The van der Waals surface area contributed by atoms with Gasteiger partial charge in [0.25, 0.3) is 0 Å². The number of Topliss-reactive ketones (excluding diaryl/α,β-unsaturated/α-hetero) is 1. The SMILES string of the molecule is CC(CCC(NC(C)(C)C)C(C)C)C(=O)C(C)(C)C. The van der Waals surface area contributed by atoms with Crippen LogP contribution < -0.4 is 5.32 Å². The highest BCUT2D eigenvalue weighted by atomic mass is 16.1. The van der Waals surface area contributed by atoms with Crippen molar-refractivity contribution in [3.63, 3.8) is 0 Å². The van der Waals surface area contributed by atoms with E-state index in [9.17, 15) is 4.79 Å². The van der Waals surface area contributed by atoms with Crippen molar-refractivity contribution in [2.24, 2.45) is 17.3 Å². The summed E-state index contributed by atoms with van der Waals surface area (Å²) in [4.78, 5) is 12.2. The first kappa shape index (κ1) is 18.6. The topological polar surface area (TPSA) is 29.1 Å². The summed E-state index contributed by atoms with van der Waals surface area (Å²) in [5.74, 6) is 1.13. The number of carbonyl (C=O) groups is 1. The molecular weight excluding hydrogens is 234 g/mol. The molecule has 0 aromatic rings. The Morgan fingerprint density at radius 3 is 1.74 bits per heavy atom. The van der Waals surface area contributed by atoms with Gasteiger partial charge in [-0.15, -0.1) is 0 Å². The molecule has 0 aliphatic rings. The third kappa shape index (κ3) is 7.71. The first-order valence-electron chi connectivity index (χ1n) is 7.66. The van der Waals surface area contributed by atoms with E-state index in [0.717, 1.165) is 12.8 Å². The Morgan fingerprint density at radius 2 is 1.42 bits per heavy atom. The van der Waals surface area contributed by atoms with Gasteiger partial charge in [-0.3, -0.25) is 4.79 Å². The van der Waals surface area contributed by atoms with Crippen molar-refractivity contribution < 1.29 is 4.79 Å². The van der Waals surface area contributed by atoms with E-state index in [4.69, 9.17) is 0 Å². The molecule has 2 atom stereocenters. The lowest BCUT2D eigenvalue weighted by molar-refractivity contribution is -0.130. The fraction of sp³-hybridized carbons (Fsp3) is 0.941. The Balaban J connectivity index is 4.45. The molecule has 0 bridgehead atoms. The van der Waals surface area contributed by atoms with E-state index in [1.807, 2.05) is 20.8 Å². The number of hydrogen-bond donors (Lipinski definition) is 1. The molecule has 2 heteroatoms. The fourth-order valence-corrected chi connectivity index (χ4v) is 2.43. The van der Waals surface area contributed by atoms with Gasteiger partial charge >= 0.3 is 0 Å². The molecule has 0 heterocycles. The zero-order valence-electron chi connectivity index (χ0n) is 14.6. The van der Waals surface area contributed by atoms with E-state index in [0.29, 0.717) is 17.7 Å². The van der Waals surface area contributed by atoms with Gasteiger partial charge in [-0.2, -0.15) is 0 Å². The van der Waals surface area contributed by atoms with Crippen LogP contribution in [0.3, 0.4) is 0 Å². The predicted octanol–water partition coefficient (Wildman–Crippen LogP) is 4.43. The molecule has 2 unspecified atom stereocenters. The van der Waals surface area contributed by atoms with Crippen molar-refractivity contribution in [1.29, 1.82) is 0 Å². The summed E-state index contributed by atoms with van der Waals surface area (Å²) >= 11 is 0. The fourth-order valence-electron chi connectivity index (χ4n) is 2.43. The number of rotatable bonds is 6. The molecular formula is C17H35NO. The standard InChI is InChI=1S/C17H35NO/c1-12(2)14(18-17(7,8)9)11-10-13(3)15(19)16(4,5)6/h12-14,18H,10-11H2,1-9H3. The highest BCUT2D eigenvalue weighted by Gasteiger charge is 2.28. The summed E-state index contributed by atoms with van der Waals surface area (Å²) in [6.07, 6.45) is 2.04. The van der Waals surface area contributed by atoms with Crippen molar-refractivity contribution in [3.8, 4) is 0 Å². The third-order valence-electron chi connectivity index (χ3n) is 3.52. The van der Waals surface area contributed by atoms with Gasteiger partial charge in [0.2, 0.25) is 0 Å². The molecule has 0 aliphatic heterocycles. The highest BCUT2D eigenvalue weighted by molar-refractivity contribution is 5.85. The average molecular weight is 269 g/mol. The third-order valence-corrected chi connectivity index (χ3v) is 3.52. The van der Waals surface area contributed by atoms with Gasteiger partial charge in [0, 0.05) is 22.9 Å². The molecule has 0 aromatic heterocycles. The van der Waals surface area contributed by atoms with Crippen LogP contribution in [-0.2, 0) is 4.79 Å². The van der Waals surface area contributed by atoms with Gasteiger partial charge in [-0.25, -0.2) is 0 Å². The molecule has 2 nitrogen and oxygen atoms in total. The average Bonchev–Trinajstić information content (AvgIpc) is 2.19. The van der Waals surface area contributed by atoms with Crippen LogP contribution in [0.2, 0.25) is 0 Å². The Kier molecular flexibility index (Phi) is 6.74. The van der Waals surface area contributed by atoms with Crippen molar-refractivity contribution in [1.82, 2.24) is 5.32 Å². The van der Waals surface area contributed by atoms with Gasteiger partial charge in [0.15, 0.2) is 0 Å². The van der Waals surface area contributed by atoms with Crippen molar-refractivity contribution in [2.45, 2.75) is 86.7 Å². The number of hydrogen-bond acceptors (Lipinski definition) is 2. The largest absolute Gasteiger partial charge is 0.309 e. The Bertz CT molecular complexity index is 281. The van der Waals surface area contributed by atoms with Crippen LogP contribution in [0.1, 0.15) is 75.2 Å². The lowest BCUT2D eigenvalue weighted by atomic mass is 9.81. The summed E-state index contributed by atoms with van der Waals surface area (Å²) in [5, 5.41) is 3.68. The molecule has 0 fully saturated rings. The minimum absolute atomic E-state index is 0.131. The minimum Gasteiger partial charge on any atom is -0.309 e. The molecule has 0 saturated carbocycles. The number of ketones is 1. The molecule has 0 rings (SSSR count). The summed E-state index contributed by atoms with van der Waals surface area (Å²) in [7, 11) is 0. The molecule has 0 spiro atoms. The smallest absolute Gasteiger partial charge is 0.140 e. The van der Waals surface area contributed by atoms with Gasteiger partial charge < -0.3 is 5.32 Å². The zero-order chi connectivity index (χ0) is 15.4. The zero-order valence-corrected chi connectivity index (χ0v) is 14.6. The Labute approximate surface area is 120 Å². The van der Waals surface area contributed by atoms with Gasteiger partial charge in [0.1, 0.15) is 5.78 Å². The highest BCUT2D eigenvalue weighted by Crippen LogP contribution is 2.24. The maximum absolute atomic E-state index is 12.2. The molecule has 0 amide bonds. The Hall–Kier alpha value is -0.370. The first-order chi connectivity index (χ1) is 8.34. The van der Waals surface area contributed by atoms with E-state index in [1.54, 1.807) is 0 Å². The second-order valence-electron chi connectivity index (χ2n) is 8.34. The van der Waals surface area contributed by atoms with Crippen LogP contribution in [0.25, 0.3) is 0 Å². The normalized spacial score (nSPS) is 16.5. The molecule has 0 radical (unpaired) electrons. The minimum atomic E-state index is -0.218. The van der Waals surface area contributed by atoms with Gasteiger partial charge in [-0.1, -0.05) is 41.5 Å². The van der Waals surface area contributed by atoms with E-state index in [1.165, 1.54) is 0 Å². The van der Waals surface area contributed by atoms with Crippen molar-refractivity contribution in [3.05, 3.63) is 0 Å². The molecule has 114 valence electrons. The summed E-state index contributed by atoms with van der Waals surface area (Å²) < 4.78 is 0. The Morgan fingerprint density at radius 1 is 0.947 bits per heavy atom. The first-order valence-corrected chi connectivity index (χ1v) is 7.66. The monoisotopic (exact) mass is 269 g/mol. The number of carbonyl (C=O) groups excluding carboxylic acids is 1. The molecule has 0 aliphatic carbocycles. The van der Waals surface area contributed by atoms with Gasteiger partial charge in [-0.05, 0) is 39.5 Å². The summed E-state index contributed by atoms with van der Waals surface area (Å²) in [5.41, 5.74) is -0.0869. The molecule has 0 aromatic carbocycles. The van der Waals surface area contributed by atoms with Crippen molar-refractivity contribution >= 4 is 5.78 Å². The number of nitrogens with one attached hydrogen (secondary N) is 1. The van der Waals surface area contributed by atoms with E-state index in [-0.39, 0.29) is 16.9 Å². The molecule has 1 N–H and O–H groups in total. The quantitative estimate of drug-likeness (QED) is 0.773. The molecule has 19 heavy (non-hydrogen) atoms. The van der Waals surface area contributed by atoms with E-state index in [2.05, 4.69) is 46.9 Å². The summed E-state index contributed by atoms with van der Waals surface area (Å²) in [6.45, 7) is 19.2. The maximum Gasteiger partial charge on any atom is 0.140 e. The van der Waals surface area contributed by atoms with E-state index >= 15 is 0 Å². The lowest BCUT2D eigenvalue weighted by Gasteiger charge is -2.32. The lowest BCUT2D eigenvalue weighted by Crippen LogP contribution is -2.46. The van der Waals surface area contributed by atoms with Crippen LogP contribution in [0, 0.1) is 17.3 Å². The van der Waals surface area contributed by atoms with Crippen LogP contribution >= 0.6 is 0 Å². The maximum atomic E-state index is 12.2. The second kappa shape index (κ2) is 6.88. The van der Waals surface area contributed by atoms with Crippen LogP contribution in [0.5, 0.6) is 0 Å². The van der Waals surface area contributed by atoms with Gasteiger partial charge in [0.05, 0.1) is 0 Å². The predicted molar refractivity (Wildman–Crippen MR) is 84.4 cm³/mol. The van der Waals surface area contributed by atoms with Crippen LogP contribution in [0.15, 0.2) is 0 Å². The molecule has 0 saturated heterocycles. The van der Waals surface area contributed by atoms with Crippen molar-refractivity contribution in [2.75, 3.05) is 0 Å². The summed E-state index contributed by atoms with van der Waals surface area (Å²) in [6, 6.07) is 0.482.